The zero-order valence-electron chi connectivity index (χ0n) is 10.8. The first-order valence-corrected chi connectivity index (χ1v) is 6.06. The molecule has 0 N–H and O–H groups in total. The van der Waals surface area contributed by atoms with Crippen LogP contribution in [0.5, 0.6) is 0 Å². The zero-order chi connectivity index (χ0) is 12.7. The molecule has 2 heterocycles. The average Bonchev–Trinajstić information content (AvgIpc) is 2.75. The number of benzene rings is 1. The Hall–Kier alpha value is -2.10. The molecule has 4 heteroatoms. The summed E-state index contributed by atoms with van der Waals surface area (Å²) in [4.78, 5) is 11.1. The minimum atomic E-state index is 0.762. The third-order valence-electron chi connectivity index (χ3n) is 2.99. The van der Waals surface area contributed by atoms with Gasteiger partial charge in [-0.1, -0.05) is 19.1 Å². The van der Waals surface area contributed by atoms with Crippen LogP contribution in [0.15, 0.2) is 28.7 Å². The minimum Gasteiger partial charge on any atom is -0.450 e. The highest BCUT2D eigenvalue weighted by Gasteiger charge is 2.15. The monoisotopic (exact) mass is 241 g/mol. The number of fused-ring (bicyclic) bond motifs is 3. The summed E-state index contributed by atoms with van der Waals surface area (Å²) in [6.07, 6.45) is 0.816. The van der Waals surface area contributed by atoms with Gasteiger partial charge in [-0.05, 0) is 12.1 Å². The molecule has 0 aliphatic carbocycles. The number of hydrogen-bond donors (Lipinski definition) is 0. The summed E-state index contributed by atoms with van der Waals surface area (Å²) in [7, 11) is 3.93. The normalized spacial score (nSPS) is 11.3. The van der Waals surface area contributed by atoms with Crippen molar-refractivity contribution in [3.63, 3.8) is 0 Å². The molecule has 3 rings (SSSR count). The van der Waals surface area contributed by atoms with Crippen LogP contribution < -0.4 is 4.90 Å². The van der Waals surface area contributed by atoms with Crippen molar-refractivity contribution < 1.29 is 4.42 Å². The number of aromatic nitrogens is 2. The first kappa shape index (κ1) is 11.0. The first-order valence-electron chi connectivity index (χ1n) is 6.06. The fraction of sp³-hybridized carbons (Fsp3) is 0.286. The lowest BCUT2D eigenvalue weighted by atomic mass is 10.2. The lowest BCUT2D eigenvalue weighted by Crippen LogP contribution is -2.12. The number of furan rings is 1. The molecule has 0 saturated heterocycles. The van der Waals surface area contributed by atoms with E-state index in [1.807, 2.05) is 43.3 Å². The Morgan fingerprint density at radius 1 is 1.17 bits per heavy atom. The van der Waals surface area contributed by atoms with Gasteiger partial charge in [-0.2, -0.15) is 0 Å². The Balaban J connectivity index is 2.46. The van der Waals surface area contributed by atoms with Crippen LogP contribution >= 0.6 is 0 Å². The molecule has 4 nitrogen and oxygen atoms in total. The van der Waals surface area contributed by atoms with E-state index in [0.717, 1.165) is 40.1 Å². The van der Waals surface area contributed by atoms with Gasteiger partial charge in [-0.3, -0.25) is 0 Å². The van der Waals surface area contributed by atoms with Gasteiger partial charge in [-0.25, -0.2) is 9.97 Å². The Labute approximate surface area is 105 Å². The topological polar surface area (TPSA) is 42.2 Å². The smallest absolute Gasteiger partial charge is 0.196 e. The molecule has 92 valence electrons. The van der Waals surface area contributed by atoms with Crippen molar-refractivity contribution in [3.05, 3.63) is 30.1 Å². The zero-order valence-corrected chi connectivity index (χ0v) is 10.8. The summed E-state index contributed by atoms with van der Waals surface area (Å²) in [5.74, 6) is 1.69. The van der Waals surface area contributed by atoms with Gasteiger partial charge in [0.05, 0.1) is 0 Å². The van der Waals surface area contributed by atoms with Crippen molar-refractivity contribution in [2.75, 3.05) is 19.0 Å². The van der Waals surface area contributed by atoms with E-state index in [1.165, 1.54) is 0 Å². The third kappa shape index (κ3) is 1.53. The molecule has 0 aliphatic heterocycles. The van der Waals surface area contributed by atoms with Gasteiger partial charge in [0.25, 0.3) is 0 Å². The summed E-state index contributed by atoms with van der Waals surface area (Å²) in [5.41, 5.74) is 2.53. The lowest BCUT2D eigenvalue weighted by molar-refractivity contribution is 0.663. The van der Waals surface area contributed by atoms with Crippen LogP contribution in [-0.2, 0) is 6.42 Å². The maximum absolute atomic E-state index is 5.88. The molecule has 1 aromatic carbocycles. The van der Waals surface area contributed by atoms with Crippen molar-refractivity contribution in [2.24, 2.45) is 0 Å². The number of nitrogens with zero attached hydrogens (tertiary/aromatic N) is 3. The highest BCUT2D eigenvalue weighted by molar-refractivity contribution is 6.05. The van der Waals surface area contributed by atoms with E-state index in [2.05, 4.69) is 16.9 Å². The van der Waals surface area contributed by atoms with Crippen molar-refractivity contribution >= 4 is 27.9 Å². The Morgan fingerprint density at radius 3 is 2.67 bits per heavy atom. The maximum Gasteiger partial charge on any atom is 0.196 e. The second kappa shape index (κ2) is 3.98. The number of anilines is 1. The van der Waals surface area contributed by atoms with Gasteiger partial charge < -0.3 is 9.32 Å². The molecule has 0 fully saturated rings. The Bertz CT molecular complexity index is 715. The molecule has 0 radical (unpaired) electrons. The molecule has 2 aromatic heterocycles. The van der Waals surface area contributed by atoms with Crippen LogP contribution in [-0.4, -0.2) is 24.1 Å². The number of rotatable bonds is 2. The molecule has 0 aliphatic rings. The quantitative estimate of drug-likeness (QED) is 0.691. The second-order valence-corrected chi connectivity index (χ2v) is 4.49. The largest absolute Gasteiger partial charge is 0.450 e. The molecule has 18 heavy (non-hydrogen) atoms. The average molecular weight is 241 g/mol. The van der Waals surface area contributed by atoms with Crippen molar-refractivity contribution in [1.82, 2.24) is 9.97 Å². The Morgan fingerprint density at radius 2 is 1.94 bits per heavy atom. The summed E-state index contributed by atoms with van der Waals surface area (Å²) in [6.45, 7) is 2.06. The van der Waals surface area contributed by atoms with Gasteiger partial charge in [0, 0.05) is 25.9 Å². The van der Waals surface area contributed by atoms with E-state index in [0.29, 0.717) is 0 Å². The third-order valence-corrected chi connectivity index (χ3v) is 2.99. The predicted molar refractivity (Wildman–Crippen MR) is 73.0 cm³/mol. The summed E-state index contributed by atoms with van der Waals surface area (Å²) in [5, 5.41) is 1.05. The van der Waals surface area contributed by atoms with E-state index in [-0.39, 0.29) is 0 Å². The highest BCUT2D eigenvalue weighted by Crippen LogP contribution is 2.32. The Kier molecular flexibility index (Phi) is 2.44. The van der Waals surface area contributed by atoms with Crippen LogP contribution in [0.1, 0.15) is 12.7 Å². The molecule has 0 spiro atoms. The van der Waals surface area contributed by atoms with Gasteiger partial charge in [-0.15, -0.1) is 0 Å². The minimum absolute atomic E-state index is 0.762. The van der Waals surface area contributed by atoms with Gasteiger partial charge in [0.15, 0.2) is 11.4 Å². The van der Waals surface area contributed by atoms with Crippen LogP contribution in [0, 0.1) is 0 Å². The van der Waals surface area contributed by atoms with E-state index in [4.69, 9.17) is 4.42 Å². The molecule has 0 amide bonds. The summed E-state index contributed by atoms with van der Waals surface area (Å²) in [6, 6.07) is 7.96. The van der Waals surface area contributed by atoms with Crippen LogP contribution in [0.25, 0.3) is 22.1 Å². The fourth-order valence-corrected chi connectivity index (χ4v) is 2.08. The molecular weight excluding hydrogens is 226 g/mol. The van der Waals surface area contributed by atoms with Gasteiger partial charge >= 0.3 is 0 Å². The molecule has 0 saturated carbocycles. The molecule has 0 unspecified atom stereocenters. The maximum atomic E-state index is 5.88. The molecule has 0 bridgehead atoms. The summed E-state index contributed by atoms with van der Waals surface area (Å²) < 4.78 is 5.88. The molecular formula is C14H15N3O. The summed E-state index contributed by atoms with van der Waals surface area (Å²) >= 11 is 0. The molecule has 3 aromatic rings. The second-order valence-electron chi connectivity index (χ2n) is 4.49. The lowest BCUT2D eigenvalue weighted by Gasteiger charge is -2.11. The number of para-hydroxylation sites is 1. The van der Waals surface area contributed by atoms with Crippen molar-refractivity contribution in [1.29, 1.82) is 0 Å². The van der Waals surface area contributed by atoms with Crippen molar-refractivity contribution in [2.45, 2.75) is 13.3 Å². The van der Waals surface area contributed by atoms with Crippen LogP contribution in [0.3, 0.4) is 0 Å². The van der Waals surface area contributed by atoms with E-state index < -0.39 is 0 Å². The standard InChI is InChI=1S/C14H15N3O/c1-4-11-15-12-9-7-5-6-8-10(9)18-13(12)14(16-11)17(2)3/h5-8H,4H2,1-3H3. The SMILES string of the molecule is CCc1nc(N(C)C)c2oc3ccccc3c2n1. The number of hydrogen-bond acceptors (Lipinski definition) is 4. The molecule has 0 atom stereocenters. The predicted octanol–water partition coefficient (Wildman–Crippen LogP) is 3.00. The van der Waals surface area contributed by atoms with Crippen molar-refractivity contribution in [3.8, 4) is 0 Å². The highest BCUT2D eigenvalue weighted by atomic mass is 16.3. The van der Waals surface area contributed by atoms with Gasteiger partial charge in [0.1, 0.15) is 16.9 Å². The van der Waals surface area contributed by atoms with Crippen LogP contribution in [0.4, 0.5) is 5.82 Å². The first-order chi connectivity index (χ1) is 8.70. The number of aryl methyl sites for hydroxylation is 1. The van der Waals surface area contributed by atoms with Gasteiger partial charge in [0.2, 0.25) is 0 Å². The van der Waals surface area contributed by atoms with E-state index in [1.54, 1.807) is 0 Å². The van der Waals surface area contributed by atoms with E-state index in [9.17, 15) is 0 Å². The fourth-order valence-electron chi connectivity index (χ4n) is 2.08. The van der Waals surface area contributed by atoms with Crippen LogP contribution in [0.2, 0.25) is 0 Å². The van der Waals surface area contributed by atoms with E-state index >= 15 is 0 Å².